The lowest BCUT2D eigenvalue weighted by Crippen LogP contribution is -2.59. The fourth-order valence-corrected chi connectivity index (χ4v) is 5.20. The third kappa shape index (κ3) is 4.50. The predicted octanol–water partition coefficient (Wildman–Crippen LogP) is 3.41. The van der Waals surface area contributed by atoms with Gasteiger partial charge in [-0.1, -0.05) is 19.9 Å². The molecule has 0 spiro atoms. The SMILES string of the molecule is CC[C@H]1CN(C(C)c2ccc(C)c(OC)n2)[C@H](CC)CN1c1cc(=O)n(C)c2cn(CC#N)nc12. The molecule has 0 radical (unpaired) electrons. The van der Waals surface area contributed by atoms with Crippen molar-refractivity contribution in [3.63, 3.8) is 0 Å². The van der Waals surface area contributed by atoms with E-state index in [-0.39, 0.29) is 30.2 Å². The lowest BCUT2D eigenvalue weighted by molar-refractivity contribution is 0.0988. The van der Waals surface area contributed by atoms with Crippen LogP contribution in [0.3, 0.4) is 0 Å². The quantitative estimate of drug-likeness (QED) is 0.515. The summed E-state index contributed by atoms with van der Waals surface area (Å²) in [5, 5.41) is 13.8. The van der Waals surface area contributed by atoms with Crippen molar-refractivity contribution >= 4 is 16.7 Å². The van der Waals surface area contributed by atoms with Gasteiger partial charge in [0.1, 0.15) is 12.1 Å². The molecule has 0 N–H and O–H groups in total. The second-order valence-electron chi connectivity index (χ2n) is 9.36. The minimum Gasteiger partial charge on any atom is -0.481 e. The third-order valence-electron chi connectivity index (χ3n) is 7.35. The summed E-state index contributed by atoms with van der Waals surface area (Å²) in [5.74, 6) is 0.670. The van der Waals surface area contributed by atoms with Gasteiger partial charge in [-0.05, 0) is 32.8 Å². The normalized spacial score (nSPS) is 19.6. The Morgan fingerprint density at radius 2 is 1.97 bits per heavy atom. The van der Waals surface area contributed by atoms with E-state index in [0.29, 0.717) is 5.88 Å². The van der Waals surface area contributed by atoms with Gasteiger partial charge in [0.05, 0.1) is 36.3 Å². The minimum atomic E-state index is -0.0707. The van der Waals surface area contributed by atoms with Gasteiger partial charge in [-0.25, -0.2) is 4.98 Å². The molecule has 3 aromatic rings. The molecule has 0 saturated carbocycles. The fourth-order valence-electron chi connectivity index (χ4n) is 5.20. The summed E-state index contributed by atoms with van der Waals surface area (Å²) in [4.78, 5) is 22.5. The average Bonchev–Trinajstić information content (AvgIpc) is 3.29. The summed E-state index contributed by atoms with van der Waals surface area (Å²) in [6, 6.07) is 8.62. The summed E-state index contributed by atoms with van der Waals surface area (Å²) in [6.07, 6.45) is 3.69. The molecule has 0 aromatic carbocycles. The van der Waals surface area contributed by atoms with Crippen LogP contribution in [-0.2, 0) is 13.6 Å². The van der Waals surface area contributed by atoms with Gasteiger partial charge in [-0.3, -0.25) is 14.4 Å². The number of fused-ring (bicyclic) bond motifs is 1. The van der Waals surface area contributed by atoms with Gasteiger partial charge in [0.25, 0.3) is 5.56 Å². The van der Waals surface area contributed by atoms with E-state index in [1.54, 1.807) is 35.7 Å². The number of nitrogens with zero attached hydrogens (tertiary/aromatic N) is 7. The number of hydrogen-bond donors (Lipinski definition) is 0. The van der Waals surface area contributed by atoms with Crippen LogP contribution in [-0.4, -0.2) is 56.5 Å². The van der Waals surface area contributed by atoms with Gasteiger partial charge in [-0.15, -0.1) is 0 Å². The van der Waals surface area contributed by atoms with Crippen molar-refractivity contribution in [1.29, 1.82) is 5.26 Å². The Balaban J connectivity index is 1.71. The molecule has 4 rings (SSSR count). The molecule has 4 heterocycles. The summed E-state index contributed by atoms with van der Waals surface area (Å²) in [6.45, 7) is 10.4. The van der Waals surface area contributed by atoms with Crippen LogP contribution in [0.1, 0.15) is 50.9 Å². The van der Waals surface area contributed by atoms with E-state index in [4.69, 9.17) is 15.0 Å². The van der Waals surface area contributed by atoms with Crippen molar-refractivity contribution in [3.8, 4) is 11.9 Å². The molecule has 9 heteroatoms. The van der Waals surface area contributed by atoms with Crippen LogP contribution < -0.4 is 15.2 Å². The van der Waals surface area contributed by atoms with Gasteiger partial charge in [0.2, 0.25) is 5.88 Å². The number of anilines is 1. The lowest BCUT2D eigenvalue weighted by atomic mass is 9.98. The van der Waals surface area contributed by atoms with E-state index in [0.717, 1.165) is 53.9 Å². The van der Waals surface area contributed by atoms with Gasteiger partial charge in [0, 0.05) is 49.9 Å². The Bertz CT molecular complexity index is 1310. The van der Waals surface area contributed by atoms with Crippen LogP contribution in [0, 0.1) is 18.3 Å². The van der Waals surface area contributed by atoms with Crippen LogP contribution in [0.25, 0.3) is 11.0 Å². The minimum absolute atomic E-state index is 0.0707. The zero-order valence-electron chi connectivity index (χ0n) is 21.5. The Kier molecular flexibility index (Phi) is 7.13. The average molecular weight is 478 g/mol. The highest BCUT2D eigenvalue weighted by molar-refractivity contribution is 5.88. The first-order valence-corrected chi connectivity index (χ1v) is 12.3. The van der Waals surface area contributed by atoms with Crippen molar-refractivity contribution in [2.75, 3.05) is 25.1 Å². The van der Waals surface area contributed by atoms with Gasteiger partial charge in [0.15, 0.2) is 0 Å². The van der Waals surface area contributed by atoms with Crippen LogP contribution in [0.4, 0.5) is 5.69 Å². The molecule has 186 valence electrons. The Morgan fingerprint density at radius 3 is 2.63 bits per heavy atom. The van der Waals surface area contributed by atoms with Gasteiger partial charge in [-0.2, -0.15) is 10.4 Å². The standard InChI is InChI=1S/C26H35N7O2/c1-7-19-15-33(22-13-24(34)30(5)23-16-31(12-11-27)29-25(22)23)20(8-2)14-32(19)18(4)21-10-9-17(3)26(28-21)35-6/h9-10,13,16,18-20H,7-8,12,14-15H2,1-6H3/t18?,19-,20+/m1/s1. The molecular formula is C26H35N7O2. The second-order valence-corrected chi connectivity index (χ2v) is 9.36. The maximum absolute atomic E-state index is 12.9. The van der Waals surface area contributed by atoms with Crippen LogP contribution >= 0.6 is 0 Å². The molecule has 1 unspecified atom stereocenters. The van der Waals surface area contributed by atoms with Crippen molar-refractivity contribution in [2.24, 2.45) is 7.05 Å². The fraction of sp³-hybridized carbons (Fsp3) is 0.538. The number of rotatable bonds is 7. The third-order valence-corrected chi connectivity index (χ3v) is 7.35. The summed E-state index contributed by atoms with van der Waals surface area (Å²) in [5.41, 5.74) is 4.32. The number of methoxy groups -OCH3 is 1. The largest absolute Gasteiger partial charge is 0.481 e. The number of aromatic nitrogens is 4. The zero-order chi connectivity index (χ0) is 25.3. The highest BCUT2D eigenvalue weighted by Crippen LogP contribution is 2.34. The lowest BCUT2D eigenvalue weighted by Gasteiger charge is -2.49. The van der Waals surface area contributed by atoms with E-state index in [9.17, 15) is 4.79 Å². The first kappa shape index (κ1) is 24.7. The van der Waals surface area contributed by atoms with E-state index in [2.05, 4.69) is 53.9 Å². The molecule has 1 aliphatic heterocycles. The number of piperazine rings is 1. The number of pyridine rings is 2. The van der Waals surface area contributed by atoms with Crippen molar-refractivity contribution in [3.05, 3.63) is 46.0 Å². The maximum Gasteiger partial charge on any atom is 0.252 e. The number of aryl methyl sites for hydroxylation is 2. The van der Waals surface area contributed by atoms with Crippen molar-refractivity contribution in [2.45, 2.75) is 65.2 Å². The smallest absolute Gasteiger partial charge is 0.252 e. The highest BCUT2D eigenvalue weighted by Gasteiger charge is 2.36. The summed E-state index contributed by atoms with van der Waals surface area (Å²) < 4.78 is 8.69. The Morgan fingerprint density at radius 1 is 1.23 bits per heavy atom. The van der Waals surface area contributed by atoms with Gasteiger partial charge >= 0.3 is 0 Å². The molecule has 1 fully saturated rings. The van der Waals surface area contributed by atoms with E-state index in [1.165, 1.54) is 0 Å². The molecule has 1 aliphatic rings. The monoisotopic (exact) mass is 477 g/mol. The second kappa shape index (κ2) is 10.1. The number of nitriles is 1. The first-order chi connectivity index (χ1) is 16.8. The van der Waals surface area contributed by atoms with E-state index < -0.39 is 0 Å². The Hall–Kier alpha value is -3.38. The number of ether oxygens (including phenoxy) is 1. The molecule has 35 heavy (non-hydrogen) atoms. The van der Waals surface area contributed by atoms with Crippen LogP contribution in [0.5, 0.6) is 5.88 Å². The molecule has 9 nitrogen and oxygen atoms in total. The first-order valence-electron chi connectivity index (χ1n) is 12.3. The molecular weight excluding hydrogens is 442 g/mol. The molecule has 0 bridgehead atoms. The van der Waals surface area contributed by atoms with Gasteiger partial charge < -0.3 is 14.2 Å². The predicted molar refractivity (Wildman–Crippen MR) is 137 cm³/mol. The topological polar surface area (TPSA) is 92.2 Å². The summed E-state index contributed by atoms with van der Waals surface area (Å²) in [7, 11) is 3.41. The van der Waals surface area contributed by atoms with Crippen LogP contribution in [0.2, 0.25) is 0 Å². The van der Waals surface area contributed by atoms with Crippen LogP contribution in [0.15, 0.2) is 29.2 Å². The Labute approximate surface area is 206 Å². The molecule has 0 aliphatic carbocycles. The maximum atomic E-state index is 12.9. The zero-order valence-corrected chi connectivity index (χ0v) is 21.5. The molecule has 3 aromatic heterocycles. The van der Waals surface area contributed by atoms with E-state index in [1.807, 2.05) is 6.92 Å². The number of hydrogen-bond acceptors (Lipinski definition) is 7. The molecule has 1 saturated heterocycles. The molecule has 0 amide bonds. The summed E-state index contributed by atoms with van der Waals surface area (Å²) >= 11 is 0. The highest BCUT2D eigenvalue weighted by atomic mass is 16.5. The van der Waals surface area contributed by atoms with Crippen molar-refractivity contribution in [1.82, 2.24) is 24.2 Å². The van der Waals surface area contributed by atoms with E-state index >= 15 is 0 Å². The molecule has 3 atom stereocenters. The van der Waals surface area contributed by atoms with Crippen molar-refractivity contribution < 1.29 is 4.74 Å².